The van der Waals surface area contributed by atoms with Gasteiger partial charge < -0.3 is 9.47 Å². The second-order valence-corrected chi connectivity index (χ2v) is 3.10. The highest BCUT2D eigenvalue weighted by Crippen LogP contribution is 2.31. The quantitative estimate of drug-likeness (QED) is 0.771. The van der Waals surface area contributed by atoms with Gasteiger partial charge in [-0.2, -0.15) is 5.26 Å². The molecule has 0 saturated carbocycles. The highest BCUT2D eigenvalue weighted by molar-refractivity contribution is 5.91. The minimum Gasteiger partial charge on any atom is -0.480 e. The number of nitrogens with zero attached hydrogens (tertiary/aromatic N) is 2. The number of ether oxygens (including phenoxy) is 2. The van der Waals surface area contributed by atoms with E-state index in [1.807, 2.05) is 0 Å². The van der Waals surface area contributed by atoms with Crippen LogP contribution < -0.4 is 4.74 Å². The Hall–Kier alpha value is -2.23. The molecule has 7 heteroatoms. The first-order chi connectivity index (χ1) is 8.56. The van der Waals surface area contributed by atoms with E-state index in [4.69, 9.17) is 10.00 Å². The van der Waals surface area contributed by atoms with E-state index in [9.17, 15) is 13.6 Å². The largest absolute Gasteiger partial charge is 0.480 e. The number of rotatable bonds is 4. The van der Waals surface area contributed by atoms with E-state index in [-0.39, 0.29) is 12.5 Å². The van der Waals surface area contributed by atoms with Gasteiger partial charge in [0, 0.05) is 6.20 Å². The molecule has 18 heavy (non-hydrogen) atoms. The molecule has 1 aromatic rings. The van der Waals surface area contributed by atoms with Gasteiger partial charge in [0.05, 0.1) is 24.8 Å². The molecule has 1 aromatic heterocycles. The third kappa shape index (κ3) is 2.53. The van der Waals surface area contributed by atoms with E-state index in [0.717, 1.165) is 6.20 Å². The molecule has 0 N–H and O–H groups in total. The van der Waals surface area contributed by atoms with Crippen molar-refractivity contribution in [1.82, 2.24) is 4.98 Å². The minimum absolute atomic E-state index is 0.0371. The monoisotopic (exact) mass is 256 g/mol. The summed E-state index contributed by atoms with van der Waals surface area (Å²) in [4.78, 5) is 15.1. The molecule has 0 amide bonds. The van der Waals surface area contributed by atoms with Gasteiger partial charge in [0.15, 0.2) is 0 Å². The van der Waals surface area contributed by atoms with Crippen LogP contribution in [0.2, 0.25) is 0 Å². The molecule has 5 nitrogen and oxygen atoms in total. The van der Waals surface area contributed by atoms with Crippen LogP contribution in [0.15, 0.2) is 6.20 Å². The SMILES string of the molecule is CCOC(=O)c1cnc(OC)c(C#N)c1C(F)F. The summed E-state index contributed by atoms with van der Waals surface area (Å²) < 4.78 is 35.2. The number of esters is 1. The molecule has 0 radical (unpaired) electrons. The third-order valence-corrected chi connectivity index (χ3v) is 2.10. The van der Waals surface area contributed by atoms with Crippen LogP contribution in [0.4, 0.5) is 8.78 Å². The van der Waals surface area contributed by atoms with Crippen LogP contribution in [0, 0.1) is 11.3 Å². The first-order valence-electron chi connectivity index (χ1n) is 4.99. The van der Waals surface area contributed by atoms with E-state index in [1.165, 1.54) is 7.11 Å². The zero-order valence-corrected chi connectivity index (χ0v) is 9.74. The van der Waals surface area contributed by atoms with E-state index in [1.54, 1.807) is 13.0 Å². The van der Waals surface area contributed by atoms with Crippen molar-refractivity contribution in [2.75, 3.05) is 13.7 Å². The molecule has 0 aliphatic heterocycles. The standard InChI is InChI=1S/C11H10F2N2O3/c1-3-18-11(16)7-5-15-10(17-2)6(4-14)8(7)9(12)13/h5,9H,3H2,1-2H3. The summed E-state index contributed by atoms with van der Waals surface area (Å²) in [5.41, 5.74) is -1.61. The summed E-state index contributed by atoms with van der Waals surface area (Å²) in [6, 6.07) is 1.56. The highest BCUT2D eigenvalue weighted by Gasteiger charge is 2.26. The van der Waals surface area contributed by atoms with Gasteiger partial charge in [0.2, 0.25) is 5.88 Å². The lowest BCUT2D eigenvalue weighted by Gasteiger charge is -2.11. The topological polar surface area (TPSA) is 72.2 Å². The first kappa shape index (κ1) is 13.8. The number of carbonyl (C=O) groups excluding carboxylic acids is 1. The van der Waals surface area contributed by atoms with Gasteiger partial charge >= 0.3 is 5.97 Å². The lowest BCUT2D eigenvalue weighted by atomic mass is 10.1. The molecule has 1 heterocycles. The van der Waals surface area contributed by atoms with Crippen molar-refractivity contribution in [2.24, 2.45) is 0 Å². The molecule has 0 unspecified atom stereocenters. The van der Waals surface area contributed by atoms with Gasteiger partial charge in [-0.25, -0.2) is 18.6 Å². The zero-order chi connectivity index (χ0) is 13.7. The molecule has 0 aliphatic carbocycles. The maximum atomic E-state index is 12.9. The smallest absolute Gasteiger partial charge is 0.340 e. The molecule has 1 rings (SSSR count). The Balaban J connectivity index is 3.45. The van der Waals surface area contributed by atoms with E-state index >= 15 is 0 Å². The summed E-state index contributed by atoms with van der Waals surface area (Å²) in [6.07, 6.45) is -2.09. The number of pyridine rings is 1. The number of hydrogen-bond donors (Lipinski definition) is 0. The molecule has 0 saturated heterocycles. The molecule has 0 aliphatic rings. The van der Waals surface area contributed by atoms with Crippen LogP contribution in [-0.4, -0.2) is 24.7 Å². The Kier molecular flexibility index (Phi) is 4.54. The Labute approximate surface area is 102 Å². The highest BCUT2D eigenvalue weighted by atomic mass is 19.3. The maximum Gasteiger partial charge on any atom is 0.340 e. The van der Waals surface area contributed by atoms with E-state index < -0.39 is 29.1 Å². The molecule has 0 bridgehead atoms. The predicted molar refractivity (Wildman–Crippen MR) is 56.4 cm³/mol. The molecule has 0 fully saturated rings. The fourth-order valence-electron chi connectivity index (χ4n) is 1.37. The Morgan fingerprint density at radius 1 is 1.61 bits per heavy atom. The van der Waals surface area contributed by atoms with E-state index in [2.05, 4.69) is 9.72 Å². The fourth-order valence-corrected chi connectivity index (χ4v) is 1.37. The lowest BCUT2D eigenvalue weighted by Crippen LogP contribution is -2.12. The van der Waals surface area contributed by atoms with Gasteiger partial charge in [-0.15, -0.1) is 0 Å². The van der Waals surface area contributed by atoms with Gasteiger partial charge in [0.1, 0.15) is 11.6 Å². The number of aromatic nitrogens is 1. The number of nitriles is 1. The summed E-state index contributed by atoms with van der Waals surface area (Å²) >= 11 is 0. The van der Waals surface area contributed by atoms with Gasteiger partial charge in [-0.3, -0.25) is 0 Å². The van der Waals surface area contributed by atoms with Crippen molar-refractivity contribution in [3.63, 3.8) is 0 Å². The Morgan fingerprint density at radius 3 is 2.72 bits per heavy atom. The molecule has 0 aromatic carbocycles. The molecule has 0 spiro atoms. The predicted octanol–water partition coefficient (Wildman–Crippen LogP) is 2.08. The number of alkyl halides is 2. The van der Waals surface area contributed by atoms with Crippen molar-refractivity contribution in [1.29, 1.82) is 5.26 Å². The lowest BCUT2D eigenvalue weighted by molar-refractivity contribution is 0.0514. The van der Waals surface area contributed by atoms with Crippen LogP contribution >= 0.6 is 0 Å². The number of halogens is 2. The molecule has 96 valence electrons. The zero-order valence-electron chi connectivity index (χ0n) is 9.74. The molecular weight excluding hydrogens is 246 g/mol. The number of hydrogen-bond acceptors (Lipinski definition) is 5. The minimum atomic E-state index is -3.00. The first-order valence-corrected chi connectivity index (χ1v) is 4.99. The molecule has 0 atom stereocenters. The van der Waals surface area contributed by atoms with Crippen molar-refractivity contribution >= 4 is 5.97 Å². The second-order valence-electron chi connectivity index (χ2n) is 3.10. The van der Waals surface area contributed by atoms with Crippen molar-refractivity contribution in [2.45, 2.75) is 13.3 Å². The summed E-state index contributed by atoms with van der Waals surface area (Å²) in [5.74, 6) is -1.19. The van der Waals surface area contributed by atoms with Crippen molar-refractivity contribution < 1.29 is 23.0 Å². The molecular formula is C11H10F2N2O3. The number of carbonyl (C=O) groups is 1. The van der Waals surface area contributed by atoms with Crippen LogP contribution in [0.5, 0.6) is 5.88 Å². The average molecular weight is 256 g/mol. The summed E-state index contributed by atoms with van der Waals surface area (Å²) in [6.45, 7) is 1.58. The van der Waals surface area contributed by atoms with Gasteiger partial charge in [0.25, 0.3) is 6.43 Å². The van der Waals surface area contributed by atoms with Gasteiger partial charge in [-0.1, -0.05) is 0 Å². The third-order valence-electron chi connectivity index (χ3n) is 2.10. The Morgan fingerprint density at radius 2 is 2.28 bits per heavy atom. The number of methoxy groups -OCH3 is 1. The van der Waals surface area contributed by atoms with Crippen LogP contribution in [0.3, 0.4) is 0 Å². The van der Waals surface area contributed by atoms with E-state index in [0.29, 0.717) is 0 Å². The van der Waals surface area contributed by atoms with Crippen LogP contribution in [0.25, 0.3) is 0 Å². The normalized spacial score (nSPS) is 10.0. The fraction of sp³-hybridized carbons (Fsp3) is 0.364. The van der Waals surface area contributed by atoms with Crippen molar-refractivity contribution in [3.05, 3.63) is 22.9 Å². The van der Waals surface area contributed by atoms with Crippen LogP contribution in [0.1, 0.15) is 34.8 Å². The average Bonchev–Trinajstić information content (AvgIpc) is 2.36. The second kappa shape index (κ2) is 5.91. The van der Waals surface area contributed by atoms with Crippen LogP contribution in [-0.2, 0) is 4.74 Å². The Bertz CT molecular complexity index is 498. The van der Waals surface area contributed by atoms with Crippen molar-refractivity contribution in [3.8, 4) is 11.9 Å². The summed E-state index contributed by atoms with van der Waals surface area (Å²) in [5, 5.41) is 8.86. The van der Waals surface area contributed by atoms with Gasteiger partial charge in [-0.05, 0) is 6.92 Å². The maximum absolute atomic E-state index is 12.9. The summed E-state index contributed by atoms with van der Waals surface area (Å²) in [7, 11) is 1.20.